The Morgan fingerprint density at radius 1 is 1.53 bits per heavy atom. The van der Waals surface area contributed by atoms with Crippen molar-refractivity contribution in [2.75, 3.05) is 0 Å². The van der Waals surface area contributed by atoms with Crippen molar-refractivity contribution in [2.24, 2.45) is 11.7 Å². The molecule has 84 valence electrons. The Balaban J connectivity index is 2.06. The zero-order valence-electron chi connectivity index (χ0n) is 8.40. The third-order valence-corrected chi connectivity index (χ3v) is 3.54. The summed E-state index contributed by atoms with van der Waals surface area (Å²) in [6.07, 6.45) is 5.15. The number of nitrogens with one attached hydrogen (secondary N) is 1. The number of carbonyl (C=O) groups excluding carboxylic acids is 1. The van der Waals surface area contributed by atoms with Crippen molar-refractivity contribution >= 4 is 23.8 Å². The zero-order chi connectivity index (χ0) is 11.1. The van der Waals surface area contributed by atoms with Crippen molar-refractivity contribution in [3.63, 3.8) is 0 Å². The third kappa shape index (κ3) is 1.96. The summed E-state index contributed by atoms with van der Waals surface area (Å²) in [7, 11) is 0. The van der Waals surface area contributed by atoms with E-state index in [-0.39, 0.29) is 5.60 Å². The van der Waals surface area contributed by atoms with Gasteiger partial charge in [-0.25, -0.2) is 0 Å². The molecule has 0 unspecified atom stereocenters. The van der Waals surface area contributed by atoms with Gasteiger partial charge in [-0.2, -0.15) is 0 Å². The first-order valence-electron chi connectivity index (χ1n) is 5.09. The lowest BCUT2D eigenvalue weighted by Crippen LogP contribution is -2.45. The third-order valence-electron chi connectivity index (χ3n) is 3.35. The first-order valence-corrected chi connectivity index (χ1v) is 5.53. The second-order valence-electron chi connectivity index (χ2n) is 4.38. The number of nitrogens with zero attached hydrogens (tertiary/aromatic N) is 1. The van der Waals surface area contributed by atoms with Gasteiger partial charge in [0.05, 0.1) is 5.60 Å². The fraction of sp³-hybridized carbons (Fsp3) is 0.778. The Labute approximate surface area is 93.8 Å². The fourth-order valence-electron chi connectivity index (χ4n) is 2.65. The van der Waals surface area contributed by atoms with Crippen LogP contribution in [0.5, 0.6) is 0 Å². The number of rotatable bonds is 2. The van der Waals surface area contributed by atoms with Gasteiger partial charge >= 0.3 is 5.24 Å². The highest BCUT2D eigenvalue weighted by Gasteiger charge is 2.48. The topological polar surface area (TPSA) is 79.4 Å². The predicted octanol–water partition coefficient (Wildman–Crippen LogP) is 1.50. The molecule has 5 nitrogen and oxygen atoms in total. The molecule has 2 fully saturated rings. The molecule has 0 spiro atoms. The Morgan fingerprint density at radius 3 is 2.47 bits per heavy atom. The number of guanidine groups is 1. The van der Waals surface area contributed by atoms with Crippen molar-refractivity contribution in [1.82, 2.24) is 5.06 Å². The zero-order valence-corrected chi connectivity index (χ0v) is 9.30. The highest BCUT2D eigenvalue weighted by molar-refractivity contribution is 7.96. The van der Waals surface area contributed by atoms with E-state index in [0.29, 0.717) is 5.92 Å². The molecule has 0 aromatic heterocycles. The molecule has 15 heavy (non-hydrogen) atoms. The SMILES string of the molecule is N=C(N)N(OC12CCC(CC1)C2)C(=O)S. The largest absolute Gasteiger partial charge is 0.368 e. The Kier molecular flexibility index (Phi) is 2.64. The summed E-state index contributed by atoms with van der Waals surface area (Å²) in [5, 5.41) is 7.39. The molecule has 0 aromatic carbocycles. The summed E-state index contributed by atoms with van der Waals surface area (Å²) in [6, 6.07) is 0. The molecule has 2 aliphatic rings. The first-order chi connectivity index (χ1) is 7.02. The van der Waals surface area contributed by atoms with Crippen LogP contribution >= 0.6 is 12.6 Å². The maximum absolute atomic E-state index is 11.1. The Hall–Kier alpha value is -0.750. The number of hydrogen-bond donors (Lipinski definition) is 3. The van der Waals surface area contributed by atoms with E-state index in [1.54, 1.807) is 0 Å². The van der Waals surface area contributed by atoms with Crippen molar-refractivity contribution < 1.29 is 9.63 Å². The highest BCUT2D eigenvalue weighted by Crippen LogP contribution is 2.50. The van der Waals surface area contributed by atoms with E-state index in [1.165, 1.54) is 0 Å². The number of nitrogens with two attached hydrogens (primary N) is 1. The predicted molar refractivity (Wildman–Crippen MR) is 58.5 cm³/mol. The maximum Gasteiger partial charge on any atom is 0.309 e. The van der Waals surface area contributed by atoms with Crippen LogP contribution in [-0.4, -0.2) is 21.9 Å². The molecule has 0 saturated heterocycles. The van der Waals surface area contributed by atoms with Crippen molar-refractivity contribution in [1.29, 1.82) is 5.41 Å². The number of hydrogen-bond acceptors (Lipinski definition) is 3. The summed E-state index contributed by atoms with van der Waals surface area (Å²) >= 11 is 3.64. The summed E-state index contributed by atoms with van der Waals surface area (Å²) in [4.78, 5) is 16.7. The van der Waals surface area contributed by atoms with Crippen LogP contribution in [-0.2, 0) is 4.84 Å². The van der Waals surface area contributed by atoms with E-state index in [9.17, 15) is 4.79 Å². The average molecular weight is 229 g/mol. The van der Waals surface area contributed by atoms with Gasteiger partial charge in [-0.1, -0.05) is 12.6 Å². The van der Waals surface area contributed by atoms with E-state index in [2.05, 4.69) is 12.6 Å². The van der Waals surface area contributed by atoms with Crippen LogP contribution in [0.4, 0.5) is 4.79 Å². The highest BCUT2D eigenvalue weighted by atomic mass is 32.1. The second kappa shape index (κ2) is 3.68. The number of carbonyl (C=O) groups is 1. The van der Waals surface area contributed by atoms with E-state index in [1.807, 2.05) is 0 Å². The lowest BCUT2D eigenvalue weighted by molar-refractivity contribution is -0.167. The van der Waals surface area contributed by atoms with Crippen molar-refractivity contribution in [3.8, 4) is 0 Å². The van der Waals surface area contributed by atoms with Gasteiger partial charge < -0.3 is 5.73 Å². The molecule has 0 heterocycles. The maximum atomic E-state index is 11.1. The van der Waals surface area contributed by atoms with Gasteiger partial charge in [-0.05, 0) is 38.0 Å². The lowest BCUT2D eigenvalue weighted by Gasteiger charge is -2.31. The van der Waals surface area contributed by atoms with Gasteiger partial charge in [0.15, 0.2) is 0 Å². The molecule has 0 radical (unpaired) electrons. The molecule has 2 bridgehead atoms. The molecular weight excluding hydrogens is 214 g/mol. The fourth-order valence-corrected chi connectivity index (χ4v) is 2.80. The number of fused-ring (bicyclic) bond motifs is 2. The van der Waals surface area contributed by atoms with Crippen LogP contribution in [0.2, 0.25) is 0 Å². The molecular formula is C9H15N3O2S. The Morgan fingerprint density at radius 2 is 2.13 bits per heavy atom. The minimum Gasteiger partial charge on any atom is -0.368 e. The molecule has 6 heteroatoms. The minimum atomic E-state index is -0.632. The molecule has 2 aliphatic carbocycles. The number of amides is 1. The molecule has 0 atom stereocenters. The number of thiol groups is 1. The summed E-state index contributed by atoms with van der Waals surface area (Å²) in [5.74, 6) is 0.313. The molecule has 0 aliphatic heterocycles. The van der Waals surface area contributed by atoms with Crippen LogP contribution in [0.3, 0.4) is 0 Å². The average Bonchev–Trinajstić information content (AvgIpc) is 2.73. The molecule has 1 amide bonds. The molecule has 2 rings (SSSR count). The molecule has 0 aromatic rings. The lowest BCUT2D eigenvalue weighted by atomic mass is 9.97. The van der Waals surface area contributed by atoms with E-state index in [4.69, 9.17) is 16.0 Å². The van der Waals surface area contributed by atoms with Crippen LogP contribution in [0, 0.1) is 11.3 Å². The van der Waals surface area contributed by atoms with E-state index in [0.717, 1.165) is 37.2 Å². The first kappa shape index (κ1) is 10.8. The van der Waals surface area contributed by atoms with Crippen LogP contribution in [0.1, 0.15) is 32.1 Å². The number of hydroxylamine groups is 2. The van der Waals surface area contributed by atoms with Gasteiger partial charge in [-0.15, -0.1) is 5.06 Å². The standard InChI is InChI=1S/C9H15N3O2S/c10-7(11)12(8(13)15)14-9-3-1-6(5-9)2-4-9/h6H,1-5H2,(H3,10,11)(H,13,15). The van der Waals surface area contributed by atoms with Gasteiger partial charge in [0.1, 0.15) is 0 Å². The van der Waals surface area contributed by atoms with Gasteiger partial charge in [-0.3, -0.25) is 15.0 Å². The molecule has 2 saturated carbocycles. The molecule has 3 N–H and O–H groups in total. The van der Waals surface area contributed by atoms with Crippen LogP contribution < -0.4 is 5.73 Å². The normalized spacial score (nSPS) is 33.0. The smallest absolute Gasteiger partial charge is 0.309 e. The van der Waals surface area contributed by atoms with Crippen LogP contribution in [0.15, 0.2) is 0 Å². The monoisotopic (exact) mass is 229 g/mol. The van der Waals surface area contributed by atoms with Gasteiger partial charge in [0.2, 0.25) is 5.96 Å². The van der Waals surface area contributed by atoms with Gasteiger partial charge in [0.25, 0.3) is 0 Å². The van der Waals surface area contributed by atoms with Crippen molar-refractivity contribution in [3.05, 3.63) is 0 Å². The summed E-state index contributed by atoms with van der Waals surface area (Å²) in [6.45, 7) is 0. The van der Waals surface area contributed by atoms with Gasteiger partial charge in [0, 0.05) is 0 Å². The van der Waals surface area contributed by atoms with E-state index >= 15 is 0 Å². The van der Waals surface area contributed by atoms with Crippen molar-refractivity contribution in [2.45, 2.75) is 37.7 Å². The minimum absolute atomic E-state index is 0.269. The van der Waals surface area contributed by atoms with Crippen LogP contribution in [0.25, 0.3) is 0 Å². The quantitative estimate of drug-likeness (QED) is 0.290. The second-order valence-corrected chi connectivity index (χ2v) is 4.77. The summed E-state index contributed by atoms with van der Waals surface area (Å²) < 4.78 is 0. The summed E-state index contributed by atoms with van der Waals surface area (Å²) in [5.41, 5.74) is 4.99. The van der Waals surface area contributed by atoms with E-state index < -0.39 is 11.2 Å². The Bertz CT molecular complexity index is 286.